The van der Waals surface area contributed by atoms with Gasteiger partial charge in [0.25, 0.3) is 0 Å². The maximum atomic E-state index is 8.74. The molecule has 2 nitrogen and oxygen atoms in total. The van der Waals surface area contributed by atoms with Gasteiger partial charge in [-0.25, -0.2) is 0 Å². The summed E-state index contributed by atoms with van der Waals surface area (Å²) < 4.78 is 1.05. The molecular weight excluding hydrogens is 219 g/mol. The number of hydrogen-bond acceptors (Lipinski definition) is 2. The molecule has 50 valence electrons. The van der Waals surface area contributed by atoms with Crippen molar-refractivity contribution < 1.29 is 10.2 Å². The number of aliphatic hydroxyl groups is 2. The molecule has 0 amide bonds. The Bertz CT molecular complexity index is 49.7. The van der Waals surface area contributed by atoms with E-state index in [2.05, 4.69) is 22.6 Å². The van der Waals surface area contributed by atoms with Crippen molar-refractivity contribution in [2.24, 2.45) is 0 Å². The third-order valence-electron chi connectivity index (χ3n) is 0.882. The third kappa shape index (κ3) is 4.80. The third-order valence-corrected chi connectivity index (χ3v) is 1.64. The first-order chi connectivity index (χ1) is 3.81. The van der Waals surface area contributed by atoms with Gasteiger partial charge in [0.05, 0.1) is 12.7 Å². The van der Waals surface area contributed by atoms with Crippen LogP contribution in [0.25, 0.3) is 0 Å². The largest absolute Gasteiger partial charge is 0.394 e. The first kappa shape index (κ1) is 8.65. The summed E-state index contributed by atoms with van der Waals surface area (Å²) in [6.45, 7) is -0.101. The van der Waals surface area contributed by atoms with Crippen LogP contribution in [0.2, 0.25) is 0 Å². The van der Waals surface area contributed by atoms with E-state index in [9.17, 15) is 0 Å². The SMILES string of the molecule is OCC(O)CCCI. The van der Waals surface area contributed by atoms with Crippen molar-refractivity contribution >= 4 is 22.6 Å². The van der Waals surface area contributed by atoms with Crippen LogP contribution in [0.3, 0.4) is 0 Å². The minimum absolute atomic E-state index is 0.101. The highest BCUT2D eigenvalue weighted by Gasteiger charge is 1.98. The Hall–Kier alpha value is 0.650. The molecule has 0 radical (unpaired) electrons. The molecule has 0 aliphatic heterocycles. The molecule has 1 unspecified atom stereocenters. The van der Waals surface area contributed by atoms with Crippen LogP contribution in [0.15, 0.2) is 0 Å². The minimum atomic E-state index is -0.496. The lowest BCUT2D eigenvalue weighted by Gasteiger charge is -2.02. The van der Waals surface area contributed by atoms with Gasteiger partial charge < -0.3 is 10.2 Å². The molecular formula is C5H11IO2. The topological polar surface area (TPSA) is 40.5 Å². The van der Waals surface area contributed by atoms with E-state index in [1.165, 1.54) is 0 Å². The van der Waals surface area contributed by atoms with Crippen LogP contribution in [-0.4, -0.2) is 27.4 Å². The van der Waals surface area contributed by atoms with Crippen LogP contribution in [0.4, 0.5) is 0 Å². The Morgan fingerprint density at radius 2 is 2.12 bits per heavy atom. The van der Waals surface area contributed by atoms with E-state index >= 15 is 0 Å². The van der Waals surface area contributed by atoms with Crippen LogP contribution >= 0.6 is 22.6 Å². The summed E-state index contributed by atoms with van der Waals surface area (Å²) in [5.41, 5.74) is 0. The fourth-order valence-corrected chi connectivity index (χ4v) is 0.844. The molecule has 0 saturated carbocycles. The van der Waals surface area contributed by atoms with Crippen molar-refractivity contribution in [1.29, 1.82) is 0 Å². The molecule has 0 aromatic carbocycles. The molecule has 0 aliphatic rings. The maximum absolute atomic E-state index is 8.74. The van der Waals surface area contributed by atoms with Gasteiger partial charge in [0.2, 0.25) is 0 Å². The lowest BCUT2D eigenvalue weighted by atomic mass is 10.2. The molecule has 2 N–H and O–H groups in total. The molecule has 8 heavy (non-hydrogen) atoms. The van der Waals surface area contributed by atoms with Crippen LogP contribution in [-0.2, 0) is 0 Å². The second-order valence-corrected chi connectivity index (χ2v) is 2.75. The van der Waals surface area contributed by atoms with Gasteiger partial charge in [-0.2, -0.15) is 0 Å². The summed E-state index contributed by atoms with van der Waals surface area (Å²) in [6, 6.07) is 0. The minimum Gasteiger partial charge on any atom is -0.394 e. The molecule has 0 aromatic rings. The van der Waals surface area contributed by atoms with Crippen LogP contribution < -0.4 is 0 Å². The van der Waals surface area contributed by atoms with Gasteiger partial charge in [0.1, 0.15) is 0 Å². The average Bonchev–Trinajstić information content (AvgIpc) is 1.83. The molecule has 0 rings (SSSR count). The van der Waals surface area contributed by atoms with Gasteiger partial charge in [-0.15, -0.1) is 0 Å². The number of aliphatic hydroxyl groups excluding tert-OH is 2. The highest BCUT2D eigenvalue weighted by Crippen LogP contribution is 1.98. The Kier molecular flexibility index (Phi) is 6.25. The molecule has 0 heterocycles. The van der Waals surface area contributed by atoms with E-state index in [1.54, 1.807) is 0 Å². The van der Waals surface area contributed by atoms with Crippen LogP contribution in [0.1, 0.15) is 12.8 Å². The number of halogens is 1. The van der Waals surface area contributed by atoms with Crippen molar-refractivity contribution in [3.63, 3.8) is 0 Å². The summed E-state index contributed by atoms with van der Waals surface area (Å²) in [5, 5.41) is 17.0. The smallest absolute Gasteiger partial charge is 0.0771 e. The number of rotatable bonds is 4. The standard InChI is InChI=1S/C5H11IO2/c6-3-1-2-5(8)4-7/h5,7-8H,1-4H2. The average molecular weight is 230 g/mol. The van der Waals surface area contributed by atoms with Crippen molar-refractivity contribution in [3.8, 4) is 0 Å². The molecule has 0 aromatic heterocycles. The van der Waals surface area contributed by atoms with Crippen molar-refractivity contribution in [2.45, 2.75) is 18.9 Å². The van der Waals surface area contributed by atoms with Crippen molar-refractivity contribution in [2.75, 3.05) is 11.0 Å². The predicted octanol–water partition coefficient (Wildman–Crippen LogP) is 0.555. The lowest BCUT2D eigenvalue weighted by Crippen LogP contribution is -2.11. The summed E-state index contributed by atoms with van der Waals surface area (Å²) in [7, 11) is 0. The second-order valence-electron chi connectivity index (χ2n) is 1.67. The molecule has 0 bridgehead atoms. The molecule has 0 fully saturated rings. The van der Waals surface area contributed by atoms with E-state index in [-0.39, 0.29) is 6.61 Å². The summed E-state index contributed by atoms with van der Waals surface area (Å²) >= 11 is 2.24. The Labute approximate surface area is 63.0 Å². The highest BCUT2D eigenvalue weighted by molar-refractivity contribution is 14.1. The van der Waals surface area contributed by atoms with Gasteiger partial charge in [-0.3, -0.25) is 0 Å². The zero-order valence-electron chi connectivity index (χ0n) is 4.68. The van der Waals surface area contributed by atoms with E-state index in [0.29, 0.717) is 0 Å². The molecule has 0 spiro atoms. The quantitative estimate of drug-likeness (QED) is 0.547. The number of hydrogen-bond donors (Lipinski definition) is 2. The first-order valence-electron chi connectivity index (χ1n) is 2.66. The molecule has 0 saturated heterocycles. The lowest BCUT2D eigenvalue weighted by molar-refractivity contribution is 0.0881. The zero-order chi connectivity index (χ0) is 6.41. The van der Waals surface area contributed by atoms with E-state index in [4.69, 9.17) is 10.2 Å². The number of alkyl halides is 1. The van der Waals surface area contributed by atoms with Gasteiger partial charge in [0.15, 0.2) is 0 Å². The van der Waals surface area contributed by atoms with Gasteiger partial charge >= 0.3 is 0 Å². The summed E-state index contributed by atoms with van der Waals surface area (Å²) in [5.74, 6) is 0. The van der Waals surface area contributed by atoms with E-state index in [1.807, 2.05) is 0 Å². The Morgan fingerprint density at radius 3 is 2.50 bits per heavy atom. The summed E-state index contributed by atoms with van der Waals surface area (Å²) in [6.07, 6.45) is 1.21. The van der Waals surface area contributed by atoms with Gasteiger partial charge in [-0.05, 0) is 17.3 Å². The monoisotopic (exact) mass is 230 g/mol. The maximum Gasteiger partial charge on any atom is 0.0771 e. The first-order valence-corrected chi connectivity index (χ1v) is 4.18. The van der Waals surface area contributed by atoms with Gasteiger partial charge in [0, 0.05) is 0 Å². The normalized spacial score (nSPS) is 13.9. The fraction of sp³-hybridized carbons (Fsp3) is 1.00. The van der Waals surface area contributed by atoms with E-state index < -0.39 is 6.10 Å². The molecule has 3 heteroatoms. The fourth-order valence-electron chi connectivity index (χ4n) is 0.404. The predicted molar refractivity (Wildman–Crippen MR) is 41.2 cm³/mol. The second kappa shape index (κ2) is 5.78. The zero-order valence-corrected chi connectivity index (χ0v) is 6.84. The summed E-state index contributed by atoms with van der Waals surface area (Å²) in [4.78, 5) is 0. The highest BCUT2D eigenvalue weighted by atomic mass is 127. The van der Waals surface area contributed by atoms with Crippen molar-refractivity contribution in [1.82, 2.24) is 0 Å². The van der Waals surface area contributed by atoms with Gasteiger partial charge in [-0.1, -0.05) is 22.6 Å². The molecule has 1 atom stereocenters. The van der Waals surface area contributed by atoms with Crippen LogP contribution in [0.5, 0.6) is 0 Å². The van der Waals surface area contributed by atoms with Crippen molar-refractivity contribution in [3.05, 3.63) is 0 Å². The molecule has 0 aliphatic carbocycles. The Morgan fingerprint density at radius 1 is 1.50 bits per heavy atom. The Balaban J connectivity index is 2.86. The van der Waals surface area contributed by atoms with Crippen LogP contribution in [0, 0.1) is 0 Å². The van der Waals surface area contributed by atoms with E-state index in [0.717, 1.165) is 17.3 Å².